The molecule has 0 atom stereocenters. The molecule has 0 fully saturated rings. The Morgan fingerprint density at radius 1 is 1.24 bits per heavy atom. The van der Waals surface area contributed by atoms with Crippen LogP contribution in [0.4, 0.5) is 20.4 Å². The average molecular weight is 335 g/mol. The maximum absolute atomic E-state index is 13.6. The lowest BCUT2D eigenvalue weighted by atomic mass is 10.3. The number of hydrogen-bond donors (Lipinski definition) is 2. The van der Waals surface area contributed by atoms with Crippen molar-refractivity contribution >= 4 is 33.3 Å². The number of nitrogens with two attached hydrogens (primary N) is 1. The van der Waals surface area contributed by atoms with Crippen LogP contribution in [-0.4, -0.2) is 18.4 Å². The molecule has 1 aromatic heterocycles. The Bertz CT molecular complexity index is 794. The maximum atomic E-state index is 13.6. The van der Waals surface area contributed by atoms with E-state index in [1.807, 2.05) is 4.72 Å². The molecule has 2 rings (SSSR count). The summed E-state index contributed by atoms with van der Waals surface area (Å²) in [4.78, 5) is 6.48. The summed E-state index contributed by atoms with van der Waals surface area (Å²) in [6, 6.07) is 2.87. The van der Waals surface area contributed by atoms with Gasteiger partial charge in [0.2, 0.25) is 5.95 Å². The summed E-state index contributed by atoms with van der Waals surface area (Å²) in [6.07, 6.45) is 0. The van der Waals surface area contributed by atoms with Gasteiger partial charge in [0.15, 0.2) is 11.6 Å². The van der Waals surface area contributed by atoms with Gasteiger partial charge in [0, 0.05) is 11.4 Å². The molecule has 0 aliphatic heterocycles. The molecule has 0 aliphatic carbocycles. The zero-order valence-corrected chi connectivity index (χ0v) is 12.1. The summed E-state index contributed by atoms with van der Waals surface area (Å²) in [5.41, 5.74) is 5.47. The van der Waals surface area contributed by atoms with Gasteiger partial charge in [-0.1, -0.05) is 11.6 Å². The number of halogens is 3. The molecule has 1 aromatic carbocycles. The van der Waals surface area contributed by atoms with Gasteiger partial charge in [0.1, 0.15) is 10.0 Å². The third kappa shape index (κ3) is 3.37. The molecule has 112 valence electrons. The van der Waals surface area contributed by atoms with Crippen LogP contribution in [-0.2, 0) is 10.0 Å². The third-order valence-corrected chi connectivity index (χ3v) is 3.88. The van der Waals surface area contributed by atoms with Crippen molar-refractivity contribution in [3.63, 3.8) is 0 Å². The normalized spacial score (nSPS) is 11.4. The number of nitrogens with zero attached hydrogens (tertiary/aromatic N) is 2. The Hall–Kier alpha value is -2.00. The minimum Gasteiger partial charge on any atom is -0.399 e. The Balaban J connectivity index is 2.48. The molecule has 2 aromatic rings. The summed E-state index contributed by atoms with van der Waals surface area (Å²) in [5, 5.41) is -0.000530. The molecule has 0 amide bonds. The molecular weight excluding hydrogens is 326 g/mol. The number of rotatable bonds is 3. The van der Waals surface area contributed by atoms with Crippen molar-refractivity contribution in [3.8, 4) is 0 Å². The monoisotopic (exact) mass is 334 g/mol. The Labute approximate surface area is 124 Å². The first-order chi connectivity index (χ1) is 9.69. The van der Waals surface area contributed by atoms with E-state index in [1.165, 1.54) is 6.07 Å². The van der Waals surface area contributed by atoms with Gasteiger partial charge in [-0.25, -0.2) is 31.9 Å². The largest absolute Gasteiger partial charge is 0.399 e. The molecule has 3 N–H and O–H groups in total. The van der Waals surface area contributed by atoms with Crippen LogP contribution >= 0.6 is 11.6 Å². The molecular formula is C11H9ClF2N4O2S. The molecule has 21 heavy (non-hydrogen) atoms. The first-order valence-corrected chi connectivity index (χ1v) is 7.33. The van der Waals surface area contributed by atoms with Crippen molar-refractivity contribution < 1.29 is 17.2 Å². The van der Waals surface area contributed by atoms with E-state index in [-0.39, 0.29) is 16.8 Å². The first kappa shape index (κ1) is 15.4. The highest BCUT2D eigenvalue weighted by Crippen LogP contribution is 2.23. The van der Waals surface area contributed by atoms with E-state index in [1.54, 1.807) is 6.92 Å². The quantitative estimate of drug-likeness (QED) is 0.661. The van der Waals surface area contributed by atoms with E-state index in [2.05, 4.69) is 9.97 Å². The minimum absolute atomic E-state index is 0.000530. The predicted molar refractivity (Wildman–Crippen MR) is 73.4 cm³/mol. The van der Waals surface area contributed by atoms with Crippen molar-refractivity contribution in [3.05, 3.63) is 40.7 Å². The van der Waals surface area contributed by atoms with Crippen LogP contribution in [0.3, 0.4) is 0 Å². The summed E-state index contributed by atoms with van der Waals surface area (Å²) in [5.74, 6) is -3.28. The number of aryl methyl sites for hydroxylation is 1. The first-order valence-electron chi connectivity index (χ1n) is 5.47. The van der Waals surface area contributed by atoms with E-state index < -0.39 is 26.6 Å². The van der Waals surface area contributed by atoms with Crippen LogP contribution in [0, 0.1) is 18.6 Å². The second kappa shape index (κ2) is 5.41. The number of benzene rings is 1. The summed E-state index contributed by atoms with van der Waals surface area (Å²) in [7, 11) is -4.45. The molecule has 0 radical (unpaired) electrons. The van der Waals surface area contributed by atoms with Gasteiger partial charge in [0.05, 0.1) is 0 Å². The van der Waals surface area contributed by atoms with Crippen LogP contribution in [0.1, 0.15) is 5.69 Å². The molecule has 10 heteroatoms. The van der Waals surface area contributed by atoms with Crippen LogP contribution < -0.4 is 10.5 Å². The van der Waals surface area contributed by atoms with Crippen molar-refractivity contribution in [2.75, 3.05) is 10.5 Å². The highest BCUT2D eigenvalue weighted by atomic mass is 35.5. The van der Waals surface area contributed by atoms with Crippen LogP contribution in [0.25, 0.3) is 0 Å². The van der Waals surface area contributed by atoms with Gasteiger partial charge in [0.25, 0.3) is 10.0 Å². The molecule has 0 aliphatic rings. The molecule has 0 saturated heterocycles. The fourth-order valence-corrected chi connectivity index (χ4v) is 2.83. The van der Waals surface area contributed by atoms with Gasteiger partial charge in [-0.05, 0) is 25.1 Å². The number of hydrogen-bond acceptors (Lipinski definition) is 5. The van der Waals surface area contributed by atoms with E-state index in [0.29, 0.717) is 11.8 Å². The zero-order valence-electron chi connectivity index (χ0n) is 10.6. The lowest BCUT2D eigenvalue weighted by molar-refractivity contribution is 0.486. The van der Waals surface area contributed by atoms with Crippen molar-refractivity contribution in [1.29, 1.82) is 0 Å². The second-order valence-electron chi connectivity index (χ2n) is 4.08. The van der Waals surface area contributed by atoms with Crippen molar-refractivity contribution in [2.45, 2.75) is 11.8 Å². The summed E-state index contributed by atoms with van der Waals surface area (Å²) in [6.45, 7) is 1.56. The highest BCUT2D eigenvalue weighted by Gasteiger charge is 2.24. The van der Waals surface area contributed by atoms with Crippen LogP contribution in [0.2, 0.25) is 5.15 Å². The number of nitrogens with one attached hydrogen (secondary N) is 1. The van der Waals surface area contributed by atoms with Gasteiger partial charge in [-0.2, -0.15) is 0 Å². The summed E-state index contributed by atoms with van der Waals surface area (Å²) >= 11 is 5.67. The second-order valence-corrected chi connectivity index (χ2v) is 6.11. The van der Waals surface area contributed by atoms with Crippen LogP contribution in [0.5, 0.6) is 0 Å². The lowest BCUT2D eigenvalue weighted by Crippen LogP contribution is -2.17. The molecule has 0 spiro atoms. The minimum atomic E-state index is -4.45. The predicted octanol–water partition coefficient (Wildman–Crippen LogP) is 2.10. The average Bonchev–Trinajstić information content (AvgIpc) is 2.31. The molecule has 0 unspecified atom stereocenters. The molecule has 1 heterocycles. The standard InChI is InChI=1S/C11H9ClF2N4O2S/c1-5-2-9(12)17-11(16-5)18-21(19,20)8-4-6(15)3-7(13)10(8)14/h2-4H,15H2,1H3,(H,16,17,18). The van der Waals surface area contributed by atoms with E-state index in [0.717, 1.165) is 6.07 Å². The number of anilines is 2. The molecule has 0 bridgehead atoms. The smallest absolute Gasteiger partial charge is 0.267 e. The Morgan fingerprint density at radius 3 is 2.52 bits per heavy atom. The van der Waals surface area contributed by atoms with E-state index >= 15 is 0 Å². The zero-order chi connectivity index (χ0) is 15.8. The van der Waals surface area contributed by atoms with E-state index in [9.17, 15) is 17.2 Å². The molecule has 0 saturated carbocycles. The number of sulfonamides is 1. The van der Waals surface area contributed by atoms with E-state index in [4.69, 9.17) is 17.3 Å². The summed E-state index contributed by atoms with van der Waals surface area (Å²) < 4.78 is 52.9. The van der Waals surface area contributed by atoms with Crippen LogP contribution in [0.15, 0.2) is 23.1 Å². The van der Waals surface area contributed by atoms with Gasteiger partial charge in [-0.15, -0.1) is 0 Å². The lowest BCUT2D eigenvalue weighted by Gasteiger charge is -2.09. The van der Waals surface area contributed by atoms with Crippen molar-refractivity contribution in [2.24, 2.45) is 0 Å². The third-order valence-electron chi connectivity index (χ3n) is 2.36. The Morgan fingerprint density at radius 2 is 1.90 bits per heavy atom. The van der Waals surface area contributed by atoms with Crippen molar-refractivity contribution in [1.82, 2.24) is 9.97 Å². The van der Waals surface area contributed by atoms with Gasteiger partial charge in [-0.3, -0.25) is 0 Å². The molecule has 6 nitrogen and oxygen atoms in total. The maximum Gasteiger partial charge on any atom is 0.267 e. The fourth-order valence-electron chi connectivity index (χ4n) is 1.53. The highest BCUT2D eigenvalue weighted by molar-refractivity contribution is 7.92. The van der Waals surface area contributed by atoms with Gasteiger partial charge >= 0.3 is 0 Å². The number of nitrogen functional groups attached to an aromatic ring is 1. The van der Waals surface area contributed by atoms with Gasteiger partial charge < -0.3 is 5.73 Å². The fraction of sp³-hybridized carbons (Fsp3) is 0.0909. The SMILES string of the molecule is Cc1cc(Cl)nc(NS(=O)(=O)c2cc(N)cc(F)c2F)n1. The topological polar surface area (TPSA) is 98.0 Å². The number of aromatic nitrogens is 2. The Kier molecular flexibility index (Phi) is 3.97.